The van der Waals surface area contributed by atoms with Crippen LogP contribution in [0, 0.1) is 11.7 Å². The van der Waals surface area contributed by atoms with E-state index in [0.717, 1.165) is 0 Å². The molecule has 1 fully saturated rings. The van der Waals surface area contributed by atoms with Crippen LogP contribution in [0.1, 0.15) is 25.8 Å². The van der Waals surface area contributed by atoms with Crippen molar-refractivity contribution in [3.8, 4) is 0 Å². The molecule has 1 aromatic carbocycles. The van der Waals surface area contributed by atoms with Crippen molar-refractivity contribution in [1.82, 2.24) is 10.2 Å². The fourth-order valence-electron chi connectivity index (χ4n) is 2.18. The molecule has 1 aromatic rings. The van der Waals surface area contributed by atoms with Crippen LogP contribution in [0.5, 0.6) is 0 Å². The summed E-state index contributed by atoms with van der Waals surface area (Å²) in [5.41, 5.74) is 0.695. The van der Waals surface area contributed by atoms with Crippen molar-refractivity contribution >= 4 is 27.9 Å². The molecule has 6 heteroatoms. The van der Waals surface area contributed by atoms with Crippen LogP contribution < -0.4 is 5.32 Å². The van der Waals surface area contributed by atoms with Gasteiger partial charge in [-0.25, -0.2) is 9.18 Å². The highest BCUT2D eigenvalue weighted by atomic mass is 79.9. The van der Waals surface area contributed by atoms with Crippen molar-refractivity contribution in [2.45, 2.75) is 32.9 Å². The van der Waals surface area contributed by atoms with E-state index in [2.05, 4.69) is 21.2 Å². The van der Waals surface area contributed by atoms with Crippen LogP contribution in [0.3, 0.4) is 0 Å². The molecule has 0 bridgehead atoms. The van der Waals surface area contributed by atoms with Gasteiger partial charge in [0.2, 0.25) is 0 Å². The number of benzene rings is 1. The molecular weight excluding hydrogens is 327 g/mol. The third-order valence-electron chi connectivity index (χ3n) is 3.16. The van der Waals surface area contributed by atoms with Gasteiger partial charge in [0.15, 0.2) is 0 Å². The zero-order valence-electron chi connectivity index (χ0n) is 11.3. The van der Waals surface area contributed by atoms with Crippen molar-refractivity contribution in [3.63, 3.8) is 0 Å². The number of carbonyl (C=O) groups is 2. The first-order valence-corrected chi connectivity index (χ1v) is 7.23. The van der Waals surface area contributed by atoms with E-state index in [1.165, 1.54) is 17.0 Å². The molecule has 20 heavy (non-hydrogen) atoms. The number of halogens is 2. The number of nitrogens with zero attached hydrogens (tertiary/aromatic N) is 1. The monoisotopic (exact) mass is 342 g/mol. The van der Waals surface area contributed by atoms with Crippen LogP contribution in [-0.4, -0.2) is 22.9 Å². The molecular formula is C14H16BrFN2O2. The SMILES string of the molecule is CC(C)CC1NC(=O)N(Cc2ccc(F)cc2Br)C1=O. The number of urea groups is 1. The molecule has 3 amide bonds. The van der Waals surface area contributed by atoms with Crippen molar-refractivity contribution in [3.05, 3.63) is 34.1 Å². The number of imide groups is 1. The number of hydrogen-bond acceptors (Lipinski definition) is 2. The fourth-order valence-corrected chi connectivity index (χ4v) is 2.65. The standard InChI is InChI=1S/C14H16BrFN2O2/c1-8(2)5-12-13(19)18(14(20)17-12)7-9-3-4-10(16)6-11(9)15/h3-4,6,8,12H,5,7H2,1-2H3,(H,17,20). The minimum atomic E-state index is -0.457. The lowest BCUT2D eigenvalue weighted by molar-refractivity contribution is -0.128. The largest absolute Gasteiger partial charge is 0.326 e. The van der Waals surface area contributed by atoms with E-state index in [4.69, 9.17) is 0 Å². The molecule has 2 rings (SSSR count). The predicted octanol–water partition coefficient (Wildman–Crippen LogP) is 3.05. The molecule has 1 atom stereocenters. The second-order valence-electron chi connectivity index (χ2n) is 5.29. The lowest BCUT2D eigenvalue weighted by atomic mass is 10.0. The van der Waals surface area contributed by atoms with Gasteiger partial charge in [0, 0.05) is 4.47 Å². The normalized spacial score (nSPS) is 18.9. The summed E-state index contributed by atoms with van der Waals surface area (Å²) in [5, 5.41) is 2.68. The van der Waals surface area contributed by atoms with Gasteiger partial charge in [-0.1, -0.05) is 35.8 Å². The Morgan fingerprint density at radius 1 is 1.40 bits per heavy atom. The Morgan fingerprint density at radius 2 is 2.10 bits per heavy atom. The van der Waals surface area contributed by atoms with E-state index in [1.54, 1.807) is 6.07 Å². The maximum atomic E-state index is 13.0. The second-order valence-corrected chi connectivity index (χ2v) is 6.15. The van der Waals surface area contributed by atoms with Gasteiger partial charge in [-0.05, 0) is 30.0 Å². The average molecular weight is 343 g/mol. The first kappa shape index (κ1) is 15.0. The van der Waals surface area contributed by atoms with Crippen LogP contribution in [-0.2, 0) is 11.3 Å². The molecule has 1 heterocycles. The Morgan fingerprint density at radius 3 is 2.70 bits per heavy atom. The predicted molar refractivity (Wildman–Crippen MR) is 76.4 cm³/mol. The summed E-state index contributed by atoms with van der Waals surface area (Å²) in [6.45, 7) is 4.14. The molecule has 1 aliphatic heterocycles. The molecule has 0 radical (unpaired) electrons. The zero-order chi connectivity index (χ0) is 14.9. The Balaban J connectivity index is 2.13. The van der Waals surface area contributed by atoms with Crippen LogP contribution in [0.15, 0.2) is 22.7 Å². The maximum absolute atomic E-state index is 13.0. The van der Waals surface area contributed by atoms with Crippen LogP contribution in [0.4, 0.5) is 9.18 Å². The number of amides is 3. The molecule has 1 aliphatic rings. The van der Waals surface area contributed by atoms with E-state index in [0.29, 0.717) is 22.4 Å². The molecule has 4 nitrogen and oxygen atoms in total. The van der Waals surface area contributed by atoms with Gasteiger partial charge in [-0.2, -0.15) is 0 Å². The summed E-state index contributed by atoms with van der Waals surface area (Å²) in [7, 11) is 0. The third kappa shape index (κ3) is 3.17. The summed E-state index contributed by atoms with van der Waals surface area (Å²) < 4.78 is 13.6. The van der Waals surface area contributed by atoms with Gasteiger partial charge in [-0.15, -0.1) is 0 Å². The van der Waals surface area contributed by atoms with Crippen LogP contribution in [0.2, 0.25) is 0 Å². The van der Waals surface area contributed by atoms with Gasteiger partial charge in [0.25, 0.3) is 5.91 Å². The van der Waals surface area contributed by atoms with Gasteiger partial charge in [0.05, 0.1) is 6.54 Å². The summed E-state index contributed by atoms with van der Waals surface area (Å²) in [6, 6.07) is 3.35. The highest BCUT2D eigenvalue weighted by Gasteiger charge is 2.38. The molecule has 0 aliphatic carbocycles. The van der Waals surface area contributed by atoms with Crippen molar-refractivity contribution in [2.24, 2.45) is 5.92 Å². The van der Waals surface area contributed by atoms with Gasteiger partial charge in [-0.3, -0.25) is 9.69 Å². The fraction of sp³-hybridized carbons (Fsp3) is 0.429. The van der Waals surface area contributed by atoms with Crippen molar-refractivity contribution in [2.75, 3.05) is 0 Å². The Kier molecular flexibility index (Phi) is 4.42. The highest BCUT2D eigenvalue weighted by molar-refractivity contribution is 9.10. The number of carbonyl (C=O) groups excluding carboxylic acids is 2. The minimum Gasteiger partial charge on any atom is -0.326 e. The van der Waals surface area contributed by atoms with Gasteiger partial charge >= 0.3 is 6.03 Å². The van der Waals surface area contributed by atoms with Gasteiger partial charge < -0.3 is 5.32 Å². The zero-order valence-corrected chi connectivity index (χ0v) is 12.9. The average Bonchev–Trinajstić information content (AvgIpc) is 2.59. The Labute approximate surface area is 125 Å². The van der Waals surface area contributed by atoms with E-state index in [9.17, 15) is 14.0 Å². The lowest BCUT2D eigenvalue weighted by Gasteiger charge is -2.15. The van der Waals surface area contributed by atoms with Crippen LogP contribution in [0.25, 0.3) is 0 Å². The molecule has 1 N–H and O–H groups in total. The van der Waals surface area contributed by atoms with Crippen molar-refractivity contribution < 1.29 is 14.0 Å². The Bertz CT molecular complexity index is 548. The van der Waals surface area contributed by atoms with E-state index in [1.807, 2.05) is 13.8 Å². The summed E-state index contributed by atoms with van der Waals surface area (Å²) in [4.78, 5) is 25.2. The minimum absolute atomic E-state index is 0.139. The van der Waals surface area contributed by atoms with Crippen LogP contribution >= 0.6 is 15.9 Å². The lowest BCUT2D eigenvalue weighted by Crippen LogP contribution is -2.31. The molecule has 0 spiro atoms. The number of rotatable bonds is 4. The maximum Gasteiger partial charge on any atom is 0.325 e. The second kappa shape index (κ2) is 5.91. The van der Waals surface area contributed by atoms with Crippen molar-refractivity contribution in [1.29, 1.82) is 0 Å². The smallest absolute Gasteiger partial charge is 0.325 e. The van der Waals surface area contributed by atoms with Gasteiger partial charge in [0.1, 0.15) is 11.9 Å². The van der Waals surface area contributed by atoms with E-state index in [-0.39, 0.29) is 18.3 Å². The molecule has 1 saturated heterocycles. The molecule has 108 valence electrons. The van der Waals surface area contributed by atoms with E-state index >= 15 is 0 Å². The summed E-state index contributed by atoms with van der Waals surface area (Å²) in [6.07, 6.45) is 0.617. The molecule has 0 saturated carbocycles. The first-order valence-electron chi connectivity index (χ1n) is 6.44. The summed E-state index contributed by atoms with van der Waals surface area (Å²) >= 11 is 3.24. The quantitative estimate of drug-likeness (QED) is 0.855. The number of nitrogens with one attached hydrogen (secondary N) is 1. The van der Waals surface area contributed by atoms with E-state index < -0.39 is 12.1 Å². The molecule has 0 aromatic heterocycles. The third-order valence-corrected chi connectivity index (χ3v) is 3.90. The molecule has 1 unspecified atom stereocenters. The first-order chi connectivity index (χ1) is 9.38. The highest BCUT2D eigenvalue weighted by Crippen LogP contribution is 2.22. The topological polar surface area (TPSA) is 49.4 Å². The summed E-state index contributed by atoms with van der Waals surface area (Å²) in [5.74, 6) is -0.266. The number of hydrogen-bond donors (Lipinski definition) is 1. The Hall–Kier alpha value is -1.43.